The van der Waals surface area contributed by atoms with E-state index in [4.69, 9.17) is 21.1 Å². The largest absolute Gasteiger partial charge is 0.490 e. The van der Waals surface area contributed by atoms with E-state index in [9.17, 15) is 4.79 Å². The first kappa shape index (κ1) is 17.8. The summed E-state index contributed by atoms with van der Waals surface area (Å²) in [6.07, 6.45) is 2.19. The number of carbonyl (C=O) groups excluding carboxylic acids is 1. The predicted molar refractivity (Wildman–Crippen MR) is 98.2 cm³/mol. The summed E-state index contributed by atoms with van der Waals surface area (Å²) >= 11 is 5.91. The molecule has 0 N–H and O–H groups in total. The first-order valence-corrected chi connectivity index (χ1v) is 8.84. The molecule has 1 aliphatic rings. The molecule has 1 saturated heterocycles. The van der Waals surface area contributed by atoms with Gasteiger partial charge in [0.25, 0.3) is 5.91 Å². The van der Waals surface area contributed by atoms with Gasteiger partial charge in [-0.05, 0) is 42.7 Å². The number of rotatable bonds is 6. The molecular weight excluding hydrogens is 338 g/mol. The zero-order chi connectivity index (χ0) is 17.6. The lowest BCUT2D eigenvalue weighted by Gasteiger charge is -2.20. The third-order valence-electron chi connectivity index (χ3n) is 4.25. The van der Waals surface area contributed by atoms with Crippen molar-refractivity contribution in [3.05, 3.63) is 64.7 Å². The Labute approximate surface area is 153 Å². The number of para-hydroxylation sites is 1. The van der Waals surface area contributed by atoms with Crippen LogP contribution in [0.15, 0.2) is 48.5 Å². The maximum absolute atomic E-state index is 12.8. The Kier molecular flexibility index (Phi) is 5.95. The number of carbonyl (C=O) groups is 1. The molecule has 0 bridgehead atoms. The van der Waals surface area contributed by atoms with Gasteiger partial charge in [-0.3, -0.25) is 4.79 Å². The molecule has 0 aromatic heterocycles. The van der Waals surface area contributed by atoms with Crippen LogP contribution < -0.4 is 4.74 Å². The van der Waals surface area contributed by atoms with E-state index in [0.29, 0.717) is 29.5 Å². The second-order valence-electron chi connectivity index (χ2n) is 6.23. The molecule has 1 atom stereocenters. The molecule has 0 aliphatic carbocycles. The average Bonchev–Trinajstić information content (AvgIpc) is 3.15. The molecule has 2 aromatic rings. The fourth-order valence-corrected chi connectivity index (χ4v) is 2.99. The first-order valence-electron chi connectivity index (χ1n) is 8.47. The van der Waals surface area contributed by atoms with Gasteiger partial charge in [0, 0.05) is 25.2 Å². The van der Waals surface area contributed by atoms with Gasteiger partial charge < -0.3 is 14.4 Å². The normalized spacial score (nSPS) is 16.6. The minimum absolute atomic E-state index is 0.0714. The van der Waals surface area contributed by atoms with Crippen molar-refractivity contribution in [2.75, 3.05) is 20.3 Å². The molecule has 4 nitrogen and oxygen atoms in total. The maximum Gasteiger partial charge on any atom is 0.257 e. The molecule has 1 fully saturated rings. The topological polar surface area (TPSA) is 38.8 Å². The van der Waals surface area contributed by atoms with Crippen molar-refractivity contribution in [3.63, 3.8) is 0 Å². The lowest BCUT2D eigenvalue weighted by atomic mass is 10.1. The summed E-state index contributed by atoms with van der Waals surface area (Å²) in [4.78, 5) is 14.5. The van der Waals surface area contributed by atoms with Crippen molar-refractivity contribution in [1.29, 1.82) is 0 Å². The number of hydrogen-bond acceptors (Lipinski definition) is 3. The SMILES string of the molecule is CN(Cc1ccc(Cl)cc1)C(=O)c1ccccc1OCC1CCCO1. The van der Waals surface area contributed by atoms with Crippen molar-refractivity contribution in [1.82, 2.24) is 4.90 Å². The summed E-state index contributed by atoms with van der Waals surface area (Å²) in [5.74, 6) is 0.531. The highest BCUT2D eigenvalue weighted by Crippen LogP contribution is 2.22. The summed E-state index contributed by atoms with van der Waals surface area (Å²) in [7, 11) is 1.79. The fraction of sp³-hybridized carbons (Fsp3) is 0.350. The third kappa shape index (κ3) is 4.74. The van der Waals surface area contributed by atoms with Crippen LogP contribution in [0.25, 0.3) is 0 Å². The van der Waals surface area contributed by atoms with E-state index in [1.165, 1.54) is 0 Å². The zero-order valence-electron chi connectivity index (χ0n) is 14.3. The van der Waals surface area contributed by atoms with Crippen molar-refractivity contribution in [3.8, 4) is 5.75 Å². The minimum atomic E-state index is -0.0714. The standard InChI is InChI=1S/C20H22ClNO3/c1-22(13-15-8-10-16(21)11-9-15)20(23)18-6-2-3-7-19(18)25-14-17-5-4-12-24-17/h2-3,6-11,17H,4-5,12-14H2,1H3. The van der Waals surface area contributed by atoms with Crippen LogP contribution in [0, 0.1) is 0 Å². The summed E-state index contributed by atoms with van der Waals surface area (Å²) in [5, 5.41) is 0.686. The second-order valence-corrected chi connectivity index (χ2v) is 6.67. The Morgan fingerprint density at radius 2 is 2.00 bits per heavy atom. The van der Waals surface area contributed by atoms with E-state index < -0.39 is 0 Å². The molecule has 2 aromatic carbocycles. The molecule has 1 amide bonds. The monoisotopic (exact) mass is 359 g/mol. The van der Waals surface area contributed by atoms with Crippen LogP contribution in [-0.2, 0) is 11.3 Å². The summed E-state index contributed by atoms with van der Waals surface area (Å²) in [6, 6.07) is 14.9. The number of nitrogens with zero attached hydrogens (tertiary/aromatic N) is 1. The highest BCUT2D eigenvalue weighted by Gasteiger charge is 2.20. The maximum atomic E-state index is 12.8. The van der Waals surface area contributed by atoms with E-state index >= 15 is 0 Å². The van der Waals surface area contributed by atoms with Gasteiger partial charge in [-0.25, -0.2) is 0 Å². The molecule has 1 unspecified atom stereocenters. The summed E-state index contributed by atoms with van der Waals surface area (Å²) < 4.78 is 11.4. The van der Waals surface area contributed by atoms with Gasteiger partial charge in [0.15, 0.2) is 0 Å². The molecule has 1 aliphatic heterocycles. The van der Waals surface area contributed by atoms with E-state index in [1.807, 2.05) is 42.5 Å². The van der Waals surface area contributed by atoms with Crippen LogP contribution in [0.3, 0.4) is 0 Å². The Bertz CT molecular complexity index is 711. The second kappa shape index (κ2) is 8.37. The van der Waals surface area contributed by atoms with E-state index in [-0.39, 0.29) is 12.0 Å². The highest BCUT2D eigenvalue weighted by atomic mass is 35.5. The molecule has 0 saturated carbocycles. The molecule has 3 rings (SSSR count). The summed E-state index contributed by atoms with van der Waals surface area (Å²) in [5.41, 5.74) is 1.59. The van der Waals surface area contributed by atoms with E-state index in [1.54, 1.807) is 18.0 Å². The Balaban J connectivity index is 1.66. The summed E-state index contributed by atoms with van der Waals surface area (Å²) in [6.45, 7) is 1.78. The van der Waals surface area contributed by atoms with Crippen LogP contribution >= 0.6 is 11.6 Å². The van der Waals surface area contributed by atoms with Crippen LogP contribution in [0.1, 0.15) is 28.8 Å². The number of hydrogen-bond donors (Lipinski definition) is 0. The lowest BCUT2D eigenvalue weighted by molar-refractivity contribution is 0.0656. The van der Waals surface area contributed by atoms with Crippen molar-refractivity contribution < 1.29 is 14.3 Å². The van der Waals surface area contributed by atoms with Crippen LogP contribution in [0.4, 0.5) is 0 Å². The van der Waals surface area contributed by atoms with Crippen LogP contribution in [-0.4, -0.2) is 37.2 Å². The molecule has 5 heteroatoms. The number of halogens is 1. The van der Waals surface area contributed by atoms with Gasteiger partial charge in [0.2, 0.25) is 0 Å². The average molecular weight is 360 g/mol. The molecular formula is C20H22ClNO3. The Morgan fingerprint density at radius 3 is 2.72 bits per heavy atom. The third-order valence-corrected chi connectivity index (χ3v) is 4.50. The van der Waals surface area contributed by atoms with Gasteiger partial charge in [0.1, 0.15) is 12.4 Å². The first-order chi connectivity index (χ1) is 12.1. The van der Waals surface area contributed by atoms with Gasteiger partial charge in [-0.15, -0.1) is 0 Å². The zero-order valence-corrected chi connectivity index (χ0v) is 15.0. The predicted octanol–water partition coefficient (Wildman–Crippen LogP) is 4.17. The fourth-order valence-electron chi connectivity index (χ4n) is 2.87. The molecule has 0 radical (unpaired) electrons. The van der Waals surface area contributed by atoms with Gasteiger partial charge in [-0.1, -0.05) is 35.9 Å². The van der Waals surface area contributed by atoms with Crippen molar-refractivity contribution in [2.24, 2.45) is 0 Å². The van der Waals surface area contributed by atoms with Crippen molar-refractivity contribution in [2.45, 2.75) is 25.5 Å². The van der Waals surface area contributed by atoms with Gasteiger partial charge >= 0.3 is 0 Å². The minimum Gasteiger partial charge on any atom is -0.490 e. The molecule has 132 valence electrons. The molecule has 0 spiro atoms. The Hall–Kier alpha value is -2.04. The smallest absolute Gasteiger partial charge is 0.257 e. The number of amides is 1. The van der Waals surface area contributed by atoms with E-state index in [0.717, 1.165) is 25.0 Å². The number of benzene rings is 2. The lowest BCUT2D eigenvalue weighted by Crippen LogP contribution is -2.27. The quantitative estimate of drug-likeness (QED) is 0.777. The Morgan fingerprint density at radius 1 is 1.24 bits per heavy atom. The van der Waals surface area contributed by atoms with Gasteiger partial charge in [0.05, 0.1) is 11.7 Å². The van der Waals surface area contributed by atoms with Crippen molar-refractivity contribution >= 4 is 17.5 Å². The molecule has 25 heavy (non-hydrogen) atoms. The number of ether oxygens (including phenoxy) is 2. The van der Waals surface area contributed by atoms with Crippen LogP contribution in [0.5, 0.6) is 5.75 Å². The highest BCUT2D eigenvalue weighted by molar-refractivity contribution is 6.30. The van der Waals surface area contributed by atoms with E-state index in [2.05, 4.69) is 0 Å². The van der Waals surface area contributed by atoms with Gasteiger partial charge in [-0.2, -0.15) is 0 Å². The molecule has 1 heterocycles. The van der Waals surface area contributed by atoms with Crippen LogP contribution in [0.2, 0.25) is 5.02 Å².